The fraction of sp³-hybridized carbons (Fsp3) is 0.250. The maximum atomic E-state index is 14.0. The van der Waals surface area contributed by atoms with Gasteiger partial charge < -0.3 is 9.88 Å². The first kappa shape index (κ1) is 22.9. The zero-order valence-corrected chi connectivity index (χ0v) is 19.1. The molecule has 0 radical (unpaired) electrons. The number of carbonyl (C=O) groups is 1. The smallest absolute Gasteiger partial charge is 0.242 e. The Morgan fingerprint density at radius 1 is 1.19 bits per heavy atom. The number of halogens is 1. The standard InChI is InChI=1S/C20H22FN5O3S2/c1-13-9-10-14(31(28,29)25(2)3)11-17(13)22-18(27)12-30-20-24-23-19(26(20)4)15-7-5-6-8-16(15)21/h5-11H,12H2,1-4H3,(H,22,27). The lowest BCUT2D eigenvalue weighted by Crippen LogP contribution is -2.22. The summed E-state index contributed by atoms with van der Waals surface area (Å²) in [4.78, 5) is 12.6. The molecule has 3 aromatic rings. The van der Waals surface area contributed by atoms with Crippen LogP contribution in [0.15, 0.2) is 52.5 Å². The maximum absolute atomic E-state index is 14.0. The summed E-state index contributed by atoms with van der Waals surface area (Å²) >= 11 is 1.14. The Morgan fingerprint density at radius 3 is 2.58 bits per heavy atom. The third-order valence-electron chi connectivity index (χ3n) is 4.54. The van der Waals surface area contributed by atoms with Crippen molar-refractivity contribution in [3.8, 4) is 11.4 Å². The van der Waals surface area contributed by atoms with Crippen molar-refractivity contribution in [2.24, 2.45) is 7.05 Å². The van der Waals surface area contributed by atoms with Crippen LogP contribution in [0.3, 0.4) is 0 Å². The highest BCUT2D eigenvalue weighted by molar-refractivity contribution is 7.99. The highest BCUT2D eigenvalue weighted by atomic mass is 32.2. The van der Waals surface area contributed by atoms with E-state index in [0.717, 1.165) is 21.6 Å². The molecule has 0 saturated heterocycles. The Morgan fingerprint density at radius 2 is 1.90 bits per heavy atom. The zero-order chi connectivity index (χ0) is 22.8. The lowest BCUT2D eigenvalue weighted by molar-refractivity contribution is -0.113. The second kappa shape index (κ2) is 9.16. The van der Waals surface area contributed by atoms with E-state index in [9.17, 15) is 17.6 Å². The molecular weight excluding hydrogens is 441 g/mol. The van der Waals surface area contributed by atoms with E-state index in [1.54, 1.807) is 42.8 Å². The van der Waals surface area contributed by atoms with Gasteiger partial charge >= 0.3 is 0 Å². The molecule has 164 valence electrons. The molecule has 0 bridgehead atoms. The van der Waals surface area contributed by atoms with E-state index in [1.165, 1.54) is 32.3 Å². The molecule has 8 nitrogen and oxygen atoms in total. The van der Waals surface area contributed by atoms with Crippen LogP contribution in [0.4, 0.5) is 10.1 Å². The van der Waals surface area contributed by atoms with Crippen molar-refractivity contribution in [3.63, 3.8) is 0 Å². The summed E-state index contributed by atoms with van der Waals surface area (Å²) in [6.07, 6.45) is 0. The SMILES string of the molecule is Cc1ccc(S(=O)(=O)N(C)C)cc1NC(=O)CSc1nnc(-c2ccccc2F)n1C. The number of aromatic nitrogens is 3. The average molecular weight is 464 g/mol. The number of hydrogen-bond donors (Lipinski definition) is 1. The summed E-state index contributed by atoms with van der Waals surface area (Å²) < 4.78 is 41.4. The van der Waals surface area contributed by atoms with E-state index < -0.39 is 15.8 Å². The minimum absolute atomic E-state index is 0.0212. The number of nitrogens with one attached hydrogen (secondary N) is 1. The first-order valence-electron chi connectivity index (χ1n) is 9.21. The van der Waals surface area contributed by atoms with E-state index in [1.807, 2.05) is 0 Å². The van der Waals surface area contributed by atoms with Gasteiger partial charge in [0.05, 0.1) is 16.2 Å². The summed E-state index contributed by atoms with van der Waals surface area (Å²) in [6.45, 7) is 1.78. The fourth-order valence-corrected chi connectivity index (χ4v) is 4.38. The molecule has 0 spiro atoms. The van der Waals surface area contributed by atoms with Crippen LogP contribution in [-0.2, 0) is 21.9 Å². The van der Waals surface area contributed by atoms with Crippen molar-refractivity contribution in [1.29, 1.82) is 0 Å². The maximum Gasteiger partial charge on any atom is 0.242 e. The Balaban J connectivity index is 1.71. The number of anilines is 1. The van der Waals surface area contributed by atoms with Crippen LogP contribution < -0.4 is 5.32 Å². The van der Waals surface area contributed by atoms with Crippen LogP contribution in [0.2, 0.25) is 0 Å². The number of thioether (sulfide) groups is 1. The van der Waals surface area contributed by atoms with Gasteiger partial charge in [0.2, 0.25) is 15.9 Å². The highest BCUT2D eigenvalue weighted by Crippen LogP contribution is 2.26. The van der Waals surface area contributed by atoms with Crippen molar-refractivity contribution in [1.82, 2.24) is 19.1 Å². The van der Waals surface area contributed by atoms with Gasteiger partial charge in [0, 0.05) is 26.8 Å². The molecule has 0 aliphatic carbocycles. The summed E-state index contributed by atoms with van der Waals surface area (Å²) in [7, 11) is 0.971. The van der Waals surface area contributed by atoms with Crippen LogP contribution in [0.25, 0.3) is 11.4 Å². The number of rotatable bonds is 7. The van der Waals surface area contributed by atoms with Gasteiger partial charge in [-0.1, -0.05) is 30.0 Å². The number of benzene rings is 2. The summed E-state index contributed by atoms with van der Waals surface area (Å²) in [5.74, 6) is -0.357. The van der Waals surface area contributed by atoms with Gasteiger partial charge in [-0.3, -0.25) is 4.79 Å². The second-order valence-corrected chi connectivity index (χ2v) is 10.0. The average Bonchev–Trinajstić information content (AvgIpc) is 3.08. The van der Waals surface area contributed by atoms with Gasteiger partial charge in [-0.2, -0.15) is 0 Å². The summed E-state index contributed by atoms with van der Waals surface area (Å²) in [5, 5.41) is 11.3. The zero-order valence-electron chi connectivity index (χ0n) is 17.5. The molecule has 11 heteroatoms. The van der Waals surface area contributed by atoms with Gasteiger partial charge in [0.15, 0.2) is 11.0 Å². The lowest BCUT2D eigenvalue weighted by atomic mass is 10.2. The first-order chi connectivity index (χ1) is 14.6. The number of carbonyl (C=O) groups excluding carboxylic acids is 1. The monoisotopic (exact) mass is 463 g/mol. The van der Waals surface area contributed by atoms with Gasteiger partial charge in [0.25, 0.3) is 0 Å². The molecule has 0 aliphatic heterocycles. The lowest BCUT2D eigenvalue weighted by Gasteiger charge is -2.14. The first-order valence-corrected chi connectivity index (χ1v) is 11.6. The largest absolute Gasteiger partial charge is 0.325 e. The number of aryl methyl sites for hydroxylation is 1. The molecule has 0 fully saturated rings. The molecule has 1 amide bonds. The van der Waals surface area contributed by atoms with Crippen molar-refractivity contribution in [2.75, 3.05) is 25.2 Å². The number of hydrogen-bond acceptors (Lipinski definition) is 6. The normalized spacial score (nSPS) is 11.7. The van der Waals surface area contributed by atoms with Crippen molar-refractivity contribution < 1.29 is 17.6 Å². The van der Waals surface area contributed by atoms with E-state index in [4.69, 9.17) is 0 Å². The molecule has 0 atom stereocenters. The summed E-state index contributed by atoms with van der Waals surface area (Å²) in [6, 6.07) is 10.8. The van der Waals surface area contributed by atoms with E-state index in [-0.39, 0.29) is 16.6 Å². The molecule has 0 aliphatic rings. The van der Waals surface area contributed by atoms with Crippen LogP contribution in [0, 0.1) is 12.7 Å². The predicted molar refractivity (Wildman–Crippen MR) is 118 cm³/mol. The van der Waals surface area contributed by atoms with Gasteiger partial charge in [-0.25, -0.2) is 17.1 Å². The topological polar surface area (TPSA) is 97.2 Å². The van der Waals surface area contributed by atoms with Gasteiger partial charge in [-0.05, 0) is 36.8 Å². The minimum Gasteiger partial charge on any atom is -0.325 e. The van der Waals surface area contributed by atoms with E-state index in [0.29, 0.717) is 22.2 Å². The Kier molecular flexibility index (Phi) is 6.77. The number of amides is 1. The van der Waals surface area contributed by atoms with Gasteiger partial charge in [0.1, 0.15) is 5.82 Å². The number of nitrogens with zero attached hydrogens (tertiary/aromatic N) is 4. The summed E-state index contributed by atoms with van der Waals surface area (Å²) in [5.41, 5.74) is 1.47. The molecule has 1 heterocycles. The molecule has 0 saturated carbocycles. The Labute approximate surface area is 184 Å². The van der Waals surface area contributed by atoms with Crippen LogP contribution in [-0.4, -0.2) is 53.2 Å². The molecule has 3 rings (SSSR count). The van der Waals surface area contributed by atoms with Gasteiger partial charge in [-0.15, -0.1) is 10.2 Å². The minimum atomic E-state index is -3.62. The van der Waals surface area contributed by atoms with Crippen molar-refractivity contribution in [2.45, 2.75) is 17.0 Å². The fourth-order valence-electron chi connectivity index (χ4n) is 2.74. The highest BCUT2D eigenvalue weighted by Gasteiger charge is 2.19. The van der Waals surface area contributed by atoms with Crippen LogP contribution >= 0.6 is 11.8 Å². The third-order valence-corrected chi connectivity index (χ3v) is 7.38. The molecule has 1 N–H and O–H groups in total. The molecule has 2 aromatic carbocycles. The second-order valence-electron chi connectivity index (χ2n) is 6.95. The molecule has 0 unspecified atom stereocenters. The molecular formula is C20H22FN5O3S2. The van der Waals surface area contributed by atoms with E-state index >= 15 is 0 Å². The van der Waals surface area contributed by atoms with Crippen molar-refractivity contribution in [3.05, 3.63) is 53.8 Å². The predicted octanol–water partition coefficient (Wildman–Crippen LogP) is 2.91. The van der Waals surface area contributed by atoms with Crippen LogP contribution in [0.5, 0.6) is 0 Å². The molecule has 31 heavy (non-hydrogen) atoms. The van der Waals surface area contributed by atoms with Crippen LogP contribution in [0.1, 0.15) is 5.56 Å². The quantitative estimate of drug-likeness (QED) is 0.541. The third kappa shape index (κ3) is 4.94. The Bertz CT molecular complexity index is 1230. The van der Waals surface area contributed by atoms with Crippen molar-refractivity contribution >= 4 is 33.4 Å². The van der Waals surface area contributed by atoms with E-state index in [2.05, 4.69) is 15.5 Å². The number of sulfonamides is 1. The Hall–Kier alpha value is -2.76. The molecule has 1 aromatic heterocycles.